The highest BCUT2D eigenvalue weighted by Gasteiger charge is 2.02. The summed E-state index contributed by atoms with van der Waals surface area (Å²) in [5.74, 6) is 0.396. The summed E-state index contributed by atoms with van der Waals surface area (Å²) in [6.45, 7) is 1.78. The Bertz CT molecular complexity index is 328. The van der Waals surface area contributed by atoms with Gasteiger partial charge in [-0.15, -0.1) is 11.6 Å². The Kier molecular flexibility index (Phi) is 6.68. The highest BCUT2D eigenvalue weighted by molar-refractivity contribution is 9.10. The molecule has 16 heavy (non-hydrogen) atoms. The molecule has 0 amide bonds. The molecule has 3 nitrogen and oxygen atoms in total. The maximum atomic E-state index is 13.3. The van der Waals surface area contributed by atoms with Crippen LogP contribution in [0.25, 0.3) is 0 Å². The van der Waals surface area contributed by atoms with Crippen LogP contribution in [0.4, 0.5) is 10.2 Å². The number of halogens is 3. The summed E-state index contributed by atoms with van der Waals surface area (Å²) in [7, 11) is 0. The normalized spacial score (nSPS) is 10.4. The first-order valence-corrected chi connectivity index (χ1v) is 6.25. The molecule has 0 saturated carbocycles. The molecule has 90 valence electrons. The molecule has 0 aliphatic rings. The van der Waals surface area contributed by atoms with Gasteiger partial charge < -0.3 is 10.1 Å². The van der Waals surface area contributed by atoms with Gasteiger partial charge in [0.1, 0.15) is 0 Å². The smallest absolute Gasteiger partial charge is 0.166 e. The molecule has 1 N–H and O–H groups in total. The molecule has 1 aromatic rings. The number of anilines is 1. The molecule has 6 heteroatoms. The maximum absolute atomic E-state index is 13.3. The summed E-state index contributed by atoms with van der Waals surface area (Å²) in [4.78, 5) is 3.92. The van der Waals surface area contributed by atoms with Gasteiger partial charge >= 0.3 is 0 Å². The Morgan fingerprint density at radius 3 is 3.00 bits per heavy atom. The summed E-state index contributed by atoms with van der Waals surface area (Å²) in [6, 6.07) is 1.37. The second-order valence-electron chi connectivity index (χ2n) is 3.07. The van der Waals surface area contributed by atoms with Crippen molar-refractivity contribution in [3.63, 3.8) is 0 Å². The molecule has 1 aromatic heterocycles. The van der Waals surface area contributed by atoms with E-state index in [-0.39, 0.29) is 11.6 Å². The highest BCUT2D eigenvalue weighted by Crippen LogP contribution is 2.15. The van der Waals surface area contributed by atoms with Crippen LogP contribution in [-0.2, 0) is 4.74 Å². The van der Waals surface area contributed by atoms with Crippen LogP contribution >= 0.6 is 27.5 Å². The third-order valence-corrected chi connectivity index (χ3v) is 2.38. The number of aromatic nitrogens is 1. The standard InChI is InChI=1S/C10H13BrClFN2O/c11-8-6-9(13)10(15-7-8)14-3-1-4-16-5-2-12/h6-7H,1-5H2,(H,14,15). The van der Waals surface area contributed by atoms with Crippen LogP contribution in [0.15, 0.2) is 16.7 Å². The van der Waals surface area contributed by atoms with Crippen LogP contribution < -0.4 is 5.32 Å². The maximum Gasteiger partial charge on any atom is 0.166 e. The lowest BCUT2D eigenvalue weighted by Gasteiger charge is -2.06. The predicted molar refractivity (Wildman–Crippen MR) is 66.5 cm³/mol. The molecular weight excluding hydrogens is 298 g/mol. The molecule has 0 atom stereocenters. The molecule has 0 radical (unpaired) electrons. The molecule has 0 spiro atoms. The fourth-order valence-electron chi connectivity index (χ4n) is 1.08. The van der Waals surface area contributed by atoms with Gasteiger partial charge in [0, 0.05) is 29.7 Å². The third kappa shape index (κ3) is 5.09. The molecule has 0 saturated heterocycles. The lowest BCUT2D eigenvalue weighted by molar-refractivity contribution is 0.149. The number of nitrogens with zero attached hydrogens (tertiary/aromatic N) is 1. The van der Waals surface area contributed by atoms with Crippen molar-refractivity contribution in [2.24, 2.45) is 0 Å². The molecular formula is C10H13BrClFN2O. The van der Waals surface area contributed by atoms with Crippen molar-refractivity contribution in [3.05, 3.63) is 22.6 Å². The third-order valence-electron chi connectivity index (χ3n) is 1.79. The van der Waals surface area contributed by atoms with Gasteiger partial charge in [0.05, 0.1) is 6.61 Å². The Hall–Kier alpha value is -0.390. The minimum absolute atomic E-state index is 0.264. The van der Waals surface area contributed by atoms with Crippen molar-refractivity contribution < 1.29 is 9.13 Å². The minimum atomic E-state index is -0.365. The predicted octanol–water partition coefficient (Wildman–Crippen LogP) is 3.04. The van der Waals surface area contributed by atoms with E-state index in [0.29, 0.717) is 30.1 Å². The van der Waals surface area contributed by atoms with Crippen LogP contribution in [-0.4, -0.2) is 30.6 Å². The van der Waals surface area contributed by atoms with E-state index >= 15 is 0 Å². The second kappa shape index (κ2) is 7.81. The first kappa shape index (κ1) is 13.7. The Morgan fingerprint density at radius 2 is 2.31 bits per heavy atom. The van der Waals surface area contributed by atoms with Crippen LogP contribution in [0.2, 0.25) is 0 Å². The molecule has 0 aliphatic carbocycles. The van der Waals surface area contributed by atoms with Crippen molar-refractivity contribution in [3.8, 4) is 0 Å². The number of alkyl halides is 1. The van der Waals surface area contributed by atoms with E-state index in [0.717, 1.165) is 6.42 Å². The van der Waals surface area contributed by atoms with Gasteiger partial charge in [-0.1, -0.05) is 0 Å². The molecule has 1 rings (SSSR count). The van der Waals surface area contributed by atoms with Crippen molar-refractivity contribution in [2.45, 2.75) is 6.42 Å². The molecule has 0 aliphatic heterocycles. The summed E-state index contributed by atoms with van der Waals surface area (Å²) >= 11 is 8.58. The van der Waals surface area contributed by atoms with Gasteiger partial charge in [-0.05, 0) is 28.4 Å². The van der Waals surface area contributed by atoms with Crippen LogP contribution in [0.3, 0.4) is 0 Å². The van der Waals surface area contributed by atoms with Crippen LogP contribution in [0.5, 0.6) is 0 Å². The summed E-state index contributed by atoms with van der Waals surface area (Å²) in [5.41, 5.74) is 0. The highest BCUT2D eigenvalue weighted by atomic mass is 79.9. The summed E-state index contributed by atoms with van der Waals surface area (Å²) in [6.07, 6.45) is 2.34. The number of rotatable bonds is 7. The number of hydrogen-bond donors (Lipinski definition) is 1. The zero-order valence-corrected chi connectivity index (χ0v) is 11.0. The zero-order valence-electron chi connectivity index (χ0n) is 8.68. The molecule has 0 aromatic carbocycles. The topological polar surface area (TPSA) is 34.2 Å². The zero-order chi connectivity index (χ0) is 11.8. The average molecular weight is 312 g/mol. The van der Waals surface area contributed by atoms with Crippen molar-refractivity contribution >= 4 is 33.3 Å². The first-order chi connectivity index (χ1) is 7.74. The molecule has 0 bridgehead atoms. The lowest BCUT2D eigenvalue weighted by Crippen LogP contribution is -2.09. The van der Waals surface area contributed by atoms with Gasteiger partial charge in [0.25, 0.3) is 0 Å². The van der Waals surface area contributed by atoms with Crippen LogP contribution in [0.1, 0.15) is 6.42 Å². The minimum Gasteiger partial charge on any atom is -0.380 e. The Morgan fingerprint density at radius 1 is 1.50 bits per heavy atom. The fraction of sp³-hybridized carbons (Fsp3) is 0.500. The van der Waals surface area contributed by atoms with E-state index in [9.17, 15) is 4.39 Å². The largest absolute Gasteiger partial charge is 0.380 e. The van der Waals surface area contributed by atoms with E-state index in [2.05, 4.69) is 26.2 Å². The number of pyridine rings is 1. The van der Waals surface area contributed by atoms with Crippen LogP contribution in [0, 0.1) is 5.82 Å². The molecule has 1 heterocycles. The van der Waals surface area contributed by atoms with Crippen molar-refractivity contribution in [1.82, 2.24) is 4.98 Å². The van der Waals surface area contributed by atoms with E-state index in [4.69, 9.17) is 16.3 Å². The van der Waals surface area contributed by atoms with Gasteiger partial charge in [0.15, 0.2) is 11.6 Å². The summed E-state index contributed by atoms with van der Waals surface area (Å²) < 4.78 is 19.1. The van der Waals surface area contributed by atoms with Gasteiger partial charge in [-0.2, -0.15) is 0 Å². The molecule has 0 unspecified atom stereocenters. The van der Waals surface area contributed by atoms with E-state index in [1.54, 1.807) is 6.20 Å². The van der Waals surface area contributed by atoms with Gasteiger partial charge in [-0.3, -0.25) is 0 Å². The Labute approximate surface area is 107 Å². The monoisotopic (exact) mass is 310 g/mol. The number of ether oxygens (including phenoxy) is 1. The second-order valence-corrected chi connectivity index (χ2v) is 4.36. The van der Waals surface area contributed by atoms with Crippen molar-refractivity contribution in [1.29, 1.82) is 0 Å². The number of hydrogen-bond acceptors (Lipinski definition) is 3. The van der Waals surface area contributed by atoms with E-state index < -0.39 is 0 Å². The first-order valence-electron chi connectivity index (χ1n) is 4.92. The van der Waals surface area contributed by atoms with E-state index in [1.807, 2.05) is 0 Å². The van der Waals surface area contributed by atoms with Gasteiger partial charge in [-0.25, -0.2) is 9.37 Å². The van der Waals surface area contributed by atoms with Crippen molar-refractivity contribution in [2.75, 3.05) is 31.0 Å². The lowest BCUT2D eigenvalue weighted by atomic mass is 10.4. The molecule has 0 fully saturated rings. The average Bonchev–Trinajstić information content (AvgIpc) is 2.26. The fourth-order valence-corrected chi connectivity index (χ4v) is 1.49. The quantitative estimate of drug-likeness (QED) is 0.621. The summed E-state index contributed by atoms with van der Waals surface area (Å²) in [5, 5.41) is 2.90. The van der Waals surface area contributed by atoms with E-state index in [1.165, 1.54) is 6.07 Å². The number of nitrogens with one attached hydrogen (secondary N) is 1. The SMILES string of the molecule is Fc1cc(Br)cnc1NCCCOCCCl. The Balaban J connectivity index is 2.21. The van der Waals surface area contributed by atoms with Gasteiger partial charge in [0.2, 0.25) is 0 Å².